The van der Waals surface area contributed by atoms with Gasteiger partial charge in [-0.25, -0.2) is 0 Å². The summed E-state index contributed by atoms with van der Waals surface area (Å²) in [5.41, 5.74) is 6.54. The van der Waals surface area contributed by atoms with Crippen LogP contribution in [0.5, 0.6) is 0 Å². The Labute approximate surface area is 200 Å². The Hall–Kier alpha value is -2.39. The number of aliphatic carboxylic acids is 1. The van der Waals surface area contributed by atoms with Crippen LogP contribution in [0.1, 0.15) is 96.3 Å². The summed E-state index contributed by atoms with van der Waals surface area (Å²) in [5, 5.41) is 19.7. The molecule has 180 valence electrons. The molecule has 0 heterocycles. The van der Waals surface area contributed by atoms with Crippen LogP contribution < -0.4 is 0 Å². The predicted octanol–water partition coefficient (Wildman–Crippen LogP) is 7.68. The van der Waals surface area contributed by atoms with Crippen molar-refractivity contribution < 1.29 is 15.0 Å². The highest BCUT2D eigenvalue weighted by Crippen LogP contribution is 2.43. The molecular formula is C30H42O3. The third-order valence-corrected chi connectivity index (χ3v) is 7.60. The summed E-state index contributed by atoms with van der Waals surface area (Å²) in [7, 11) is 0. The molecule has 0 bridgehead atoms. The molecule has 1 aliphatic carbocycles. The number of allylic oxidation sites excluding steroid dienone is 6. The van der Waals surface area contributed by atoms with Gasteiger partial charge in [-0.2, -0.15) is 0 Å². The first kappa shape index (κ1) is 26.9. The molecule has 1 aliphatic rings. The summed E-state index contributed by atoms with van der Waals surface area (Å²) in [6, 6.07) is 6.74. The van der Waals surface area contributed by atoms with Crippen LogP contribution in [-0.4, -0.2) is 21.8 Å². The SMILES string of the molecule is CCC(O)(/C=C/c1ccc(C(CC)(CC)C2=CC(C)=C(CCC(=O)O)C=CC2)cc1C)CC. The van der Waals surface area contributed by atoms with Gasteiger partial charge in [0.25, 0.3) is 0 Å². The lowest BCUT2D eigenvalue weighted by atomic mass is 9.68. The van der Waals surface area contributed by atoms with Crippen LogP contribution in [0.2, 0.25) is 0 Å². The van der Waals surface area contributed by atoms with Gasteiger partial charge in [-0.05, 0) is 80.2 Å². The molecule has 0 unspecified atom stereocenters. The van der Waals surface area contributed by atoms with Crippen molar-refractivity contribution in [2.45, 2.75) is 97.5 Å². The lowest BCUT2D eigenvalue weighted by Gasteiger charge is -2.36. The molecule has 0 spiro atoms. The van der Waals surface area contributed by atoms with Crippen molar-refractivity contribution in [2.75, 3.05) is 0 Å². The molecular weight excluding hydrogens is 408 g/mol. The Morgan fingerprint density at radius 1 is 1.06 bits per heavy atom. The zero-order valence-electron chi connectivity index (χ0n) is 21.4. The van der Waals surface area contributed by atoms with Gasteiger partial charge in [-0.3, -0.25) is 4.79 Å². The number of hydrogen-bond acceptors (Lipinski definition) is 2. The standard InChI is InChI=1S/C30H42O3/c1-7-29(33,8-2)19-18-25-14-16-27(21-23(25)6)30(9-3,10-4)26-13-11-12-24(22(5)20-26)15-17-28(31)32/h11-12,14,16,18-21,33H,7-10,13,15,17H2,1-6H3,(H,31,32)/b19-18+. The highest BCUT2D eigenvalue weighted by atomic mass is 16.4. The number of benzene rings is 1. The van der Waals surface area contributed by atoms with Crippen LogP contribution >= 0.6 is 0 Å². The summed E-state index contributed by atoms with van der Waals surface area (Å²) < 4.78 is 0. The fourth-order valence-electron chi connectivity index (χ4n) is 4.92. The van der Waals surface area contributed by atoms with Crippen molar-refractivity contribution in [1.82, 2.24) is 0 Å². The van der Waals surface area contributed by atoms with Crippen LogP contribution in [-0.2, 0) is 10.2 Å². The van der Waals surface area contributed by atoms with E-state index in [-0.39, 0.29) is 11.8 Å². The summed E-state index contributed by atoms with van der Waals surface area (Å²) >= 11 is 0. The molecule has 1 aromatic carbocycles. The molecule has 1 aromatic rings. The number of carboxylic acids is 1. The van der Waals surface area contributed by atoms with Crippen molar-refractivity contribution in [3.8, 4) is 0 Å². The second-order valence-electron chi connectivity index (χ2n) is 9.38. The van der Waals surface area contributed by atoms with Crippen LogP contribution in [0.25, 0.3) is 6.08 Å². The first-order valence-corrected chi connectivity index (χ1v) is 12.5. The van der Waals surface area contributed by atoms with Crippen molar-refractivity contribution >= 4 is 12.0 Å². The maximum Gasteiger partial charge on any atom is 0.303 e. The fourth-order valence-corrected chi connectivity index (χ4v) is 4.92. The van der Waals surface area contributed by atoms with Gasteiger partial charge in [0.05, 0.1) is 5.60 Å². The van der Waals surface area contributed by atoms with Gasteiger partial charge in [0.1, 0.15) is 0 Å². The molecule has 0 saturated carbocycles. The average molecular weight is 451 g/mol. The van der Waals surface area contributed by atoms with Crippen LogP contribution in [0.4, 0.5) is 0 Å². The topological polar surface area (TPSA) is 57.5 Å². The minimum atomic E-state index is -0.755. The molecule has 0 saturated heterocycles. The summed E-state index contributed by atoms with van der Waals surface area (Å²) in [6.07, 6.45) is 15.6. The van der Waals surface area contributed by atoms with Crippen LogP contribution in [0.3, 0.4) is 0 Å². The van der Waals surface area contributed by atoms with Crippen molar-refractivity contribution in [3.63, 3.8) is 0 Å². The van der Waals surface area contributed by atoms with Crippen molar-refractivity contribution in [2.24, 2.45) is 0 Å². The van der Waals surface area contributed by atoms with Crippen molar-refractivity contribution in [1.29, 1.82) is 0 Å². The van der Waals surface area contributed by atoms with Gasteiger partial charge in [-0.1, -0.05) is 81.8 Å². The van der Waals surface area contributed by atoms with E-state index < -0.39 is 11.6 Å². The number of hydrogen-bond donors (Lipinski definition) is 2. The van der Waals surface area contributed by atoms with Gasteiger partial charge in [0.15, 0.2) is 0 Å². The van der Waals surface area contributed by atoms with E-state index in [1.54, 1.807) is 0 Å². The molecule has 3 heteroatoms. The molecule has 3 nitrogen and oxygen atoms in total. The third-order valence-electron chi connectivity index (χ3n) is 7.60. The third kappa shape index (κ3) is 6.35. The summed E-state index contributed by atoms with van der Waals surface area (Å²) in [5.74, 6) is -0.755. The number of aryl methyl sites for hydroxylation is 1. The van der Waals surface area contributed by atoms with Crippen molar-refractivity contribution in [3.05, 3.63) is 75.9 Å². The molecule has 2 rings (SSSR count). The average Bonchev–Trinajstić information content (AvgIpc) is 2.99. The van der Waals surface area contributed by atoms with Gasteiger partial charge < -0.3 is 10.2 Å². The van der Waals surface area contributed by atoms with E-state index in [1.807, 2.05) is 19.9 Å². The summed E-state index contributed by atoms with van der Waals surface area (Å²) in [6.45, 7) is 12.8. The predicted molar refractivity (Wildman–Crippen MR) is 139 cm³/mol. The number of carboxylic acid groups (broad SMARTS) is 1. The minimum absolute atomic E-state index is 0.0611. The zero-order valence-corrected chi connectivity index (χ0v) is 21.4. The van der Waals surface area contributed by atoms with Gasteiger partial charge in [0, 0.05) is 11.8 Å². The fraction of sp³-hybridized carbons (Fsp3) is 0.500. The van der Waals surface area contributed by atoms with E-state index >= 15 is 0 Å². The smallest absolute Gasteiger partial charge is 0.303 e. The largest absolute Gasteiger partial charge is 0.481 e. The van der Waals surface area contributed by atoms with Gasteiger partial charge >= 0.3 is 5.97 Å². The lowest BCUT2D eigenvalue weighted by molar-refractivity contribution is -0.136. The first-order chi connectivity index (χ1) is 15.6. The molecule has 0 aromatic heterocycles. The molecule has 2 N–H and O–H groups in total. The molecule has 0 aliphatic heterocycles. The molecule has 0 radical (unpaired) electrons. The number of aliphatic hydroxyl groups is 1. The molecule has 0 fully saturated rings. The van der Waals surface area contributed by atoms with E-state index in [9.17, 15) is 9.90 Å². The van der Waals surface area contributed by atoms with E-state index in [2.05, 4.69) is 70.2 Å². The highest BCUT2D eigenvalue weighted by Gasteiger charge is 2.33. The van der Waals surface area contributed by atoms with Crippen LogP contribution in [0.15, 0.2) is 59.2 Å². The summed E-state index contributed by atoms with van der Waals surface area (Å²) in [4.78, 5) is 11.1. The minimum Gasteiger partial charge on any atom is -0.481 e. The Balaban J connectivity index is 2.46. The number of rotatable bonds is 11. The van der Waals surface area contributed by atoms with E-state index in [0.717, 1.165) is 30.4 Å². The molecule has 33 heavy (non-hydrogen) atoms. The molecule has 0 amide bonds. The maximum atomic E-state index is 11.1. The normalized spacial score (nSPS) is 15.2. The monoisotopic (exact) mass is 450 g/mol. The first-order valence-electron chi connectivity index (χ1n) is 12.5. The Bertz CT molecular complexity index is 951. The van der Waals surface area contributed by atoms with E-state index in [1.165, 1.54) is 22.3 Å². The van der Waals surface area contributed by atoms with Gasteiger partial charge in [-0.15, -0.1) is 0 Å². The Kier molecular flexibility index (Phi) is 9.48. The number of carbonyl (C=O) groups is 1. The lowest BCUT2D eigenvalue weighted by Crippen LogP contribution is -2.27. The molecule has 0 atom stereocenters. The second kappa shape index (κ2) is 11.7. The Morgan fingerprint density at radius 2 is 1.73 bits per heavy atom. The van der Waals surface area contributed by atoms with E-state index in [0.29, 0.717) is 19.3 Å². The zero-order chi connectivity index (χ0) is 24.6. The van der Waals surface area contributed by atoms with E-state index in [4.69, 9.17) is 5.11 Å². The quantitative estimate of drug-likeness (QED) is 0.363. The second-order valence-corrected chi connectivity index (χ2v) is 9.38. The van der Waals surface area contributed by atoms with Gasteiger partial charge in [0.2, 0.25) is 0 Å². The Morgan fingerprint density at radius 3 is 2.27 bits per heavy atom. The van der Waals surface area contributed by atoms with Crippen LogP contribution in [0, 0.1) is 6.92 Å². The highest BCUT2D eigenvalue weighted by molar-refractivity contribution is 5.67. The maximum absolute atomic E-state index is 11.1.